The predicted molar refractivity (Wildman–Crippen MR) is 88.0 cm³/mol. The first-order chi connectivity index (χ1) is 11.6. The third-order valence-electron chi connectivity index (χ3n) is 3.61. The van der Waals surface area contributed by atoms with Crippen LogP contribution in [0.5, 0.6) is 11.5 Å². The first-order valence-corrected chi connectivity index (χ1v) is 7.51. The van der Waals surface area contributed by atoms with Gasteiger partial charge in [-0.15, -0.1) is 5.10 Å². The van der Waals surface area contributed by atoms with Gasteiger partial charge in [0, 0.05) is 6.07 Å². The Kier molecular flexibility index (Phi) is 4.56. The Hall–Kier alpha value is -3.15. The zero-order valence-electron chi connectivity index (χ0n) is 13.2. The smallest absolute Gasteiger partial charge is 0.163 e. The van der Waals surface area contributed by atoms with Crippen LogP contribution in [0.15, 0.2) is 54.7 Å². The van der Waals surface area contributed by atoms with Crippen molar-refractivity contribution in [1.82, 2.24) is 15.0 Å². The average Bonchev–Trinajstić information content (AvgIpc) is 3.00. The summed E-state index contributed by atoms with van der Waals surface area (Å²) in [6.45, 7) is 2.27. The van der Waals surface area contributed by atoms with Gasteiger partial charge in [-0.3, -0.25) is 4.79 Å². The lowest BCUT2D eigenvalue weighted by molar-refractivity contribution is 0.101. The van der Waals surface area contributed by atoms with Crippen LogP contribution in [0.25, 0.3) is 0 Å². The fourth-order valence-electron chi connectivity index (χ4n) is 2.34. The number of ketones is 1. The molecular weight excluding hydrogens is 306 g/mol. The number of carbonyl (C=O) groups is 1. The molecule has 0 aliphatic carbocycles. The number of carbonyl (C=O) groups excluding carboxylic acids is 1. The second kappa shape index (κ2) is 6.95. The van der Waals surface area contributed by atoms with E-state index in [4.69, 9.17) is 4.74 Å². The van der Waals surface area contributed by atoms with Gasteiger partial charge >= 0.3 is 0 Å². The number of aromatic nitrogens is 3. The van der Waals surface area contributed by atoms with Gasteiger partial charge < -0.3 is 9.84 Å². The second-order valence-electron chi connectivity index (χ2n) is 5.39. The molecule has 0 saturated heterocycles. The fourth-order valence-corrected chi connectivity index (χ4v) is 2.34. The summed E-state index contributed by atoms with van der Waals surface area (Å²) in [4.78, 5) is 11.3. The van der Waals surface area contributed by atoms with Gasteiger partial charge in [0.15, 0.2) is 5.78 Å². The van der Waals surface area contributed by atoms with E-state index in [1.165, 1.54) is 13.0 Å². The Morgan fingerprint density at radius 3 is 2.71 bits per heavy atom. The van der Waals surface area contributed by atoms with Crippen molar-refractivity contribution in [3.63, 3.8) is 0 Å². The molecule has 2 aromatic carbocycles. The summed E-state index contributed by atoms with van der Waals surface area (Å²) in [6, 6.07) is 14.6. The highest BCUT2D eigenvalue weighted by atomic mass is 16.5. The Morgan fingerprint density at radius 2 is 2.00 bits per heavy atom. The summed E-state index contributed by atoms with van der Waals surface area (Å²) >= 11 is 0. The summed E-state index contributed by atoms with van der Waals surface area (Å²) in [5, 5.41) is 17.8. The van der Waals surface area contributed by atoms with Crippen molar-refractivity contribution in [2.45, 2.75) is 20.1 Å². The van der Waals surface area contributed by atoms with E-state index in [1.54, 1.807) is 23.0 Å². The van der Waals surface area contributed by atoms with Crippen LogP contribution in [0.1, 0.15) is 28.5 Å². The lowest BCUT2D eigenvalue weighted by atomic mass is 10.1. The van der Waals surface area contributed by atoms with E-state index >= 15 is 0 Å². The molecule has 3 aromatic rings. The van der Waals surface area contributed by atoms with Gasteiger partial charge in [-0.25, -0.2) is 4.68 Å². The van der Waals surface area contributed by atoms with Crippen molar-refractivity contribution in [1.29, 1.82) is 0 Å². The predicted octanol–water partition coefficient (Wildman–Crippen LogP) is 2.81. The van der Waals surface area contributed by atoms with E-state index < -0.39 is 0 Å². The number of aromatic hydroxyl groups is 1. The third kappa shape index (κ3) is 3.60. The quantitative estimate of drug-likeness (QED) is 0.706. The van der Waals surface area contributed by atoms with Crippen molar-refractivity contribution in [2.24, 2.45) is 0 Å². The van der Waals surface area contributed by atoms with Gasteiger partial charge in [-0.1, -0.05) is 35.5 Å². The topological polar surface area (TPSA) is 77.2 Å². The number of nitrogens with zero attached hydrogens (tertiary/aromatic N) is 3. The van der Waals surface area contributed by atoms with Crippen molar-refractivity contribution >= 4 is 5.78 Å². The molecule has 1 N–H and O–H groups in total. The highest BCUT2D eigenvalue weighted by Gasteiger charge is 2.09. The maximum Gasteiger partial charge on any atom is 0.163 e. The van der Waals surface area contributed by atoms with Crippen LogP contribution in [0.3, 0.4) is 0 Å². The maximum atomic E-state index is 11.3. The zero-order valence-corrected chi connectivity index (χ0v) is 13.2. The van der Waals surface area contributed by atoms with Crippen LogP contribution in [0, 0.1) is 0 Å². The number of hydrogen-bond donors (Lipinski definition) is 1. The van der Waals surface area contributed by atoms with Crippen molar-refractivity contribution in [2.75, 3.05) is 0 Å². The minimum Gasteiger partial charge on any atom is -0.507 e. The van der Waals surface area contributed by atoms with Crippen LogP contribution in [-0.4, -0.2) is 25.9 Å². The molecule has 0 amide bonds. The molecule has 0 aliphatic rings. The largest absolute Gasteiger partial charge is 0.507 e. The molecule has 6 heteroatoms. The molecule has 0 saturated carbocycles. The van der Waals surface area contributed by atoms with Crippen LogP contribution < -0.4 is 4.74 Å². The van der Waals surface area contributed by atoms with E-state index in [1.807, 2.05) is 30.3 Å². The summed E-state index contributed by atoms with van der Waals surface area (Å²) in [7, 11) is 0. The van der Waals surface area contributed by atoms with Crippen LogP contribution in [0.2, 0.25) is 0 Å². The van der Waals surface area contributed by atoms with E-state index in [0.29, 0.717) is 12.3 Å². The van der Waals surface area contributed by atoms with E-state index in [0.717, 1.165) is 11.3 Å². The molecule has 0 aliphatic heterocycles. The molecular formula is C18H17N3O3. The van der Waals surface area contributed by atoms with Crippen LogP contribution >= 0.6 is 0 Å². The molecule has 122 valence electrons. The summed E-state index contributed by atoms with van der Waals surface area (Å²) in [6.07, 6.45) is 1.65. The summed E-state index contributed by atoms with van der Waals surface area (Å²) < 4.78 is 7.44. The number of phenols is 1. The summed E-state index contributed by atoms with van der Waals surface area (Å²) in [5.74, 6) is 0.199. The SMILES string of the molecule is CC(=O)c1ccc(OCc2cnnn2Cc2ccccc2)cc1O. The highest BCUT2D eigenvalue weighted by Crippen LogP contribution is 2.24. The molecule has 6 nitrogen and oxygen atoms in total. The lowest BCUT2D eigenvalue weighted by Gasteiger charge is -2.09. The third-order valence-corrected chi connectivity index (χ3v) is 3.61. The molecule has 3 rings (SSSR count). The van der Waals surface area contributed by atoms with Gasteiger partial charge in [-0.05, 0) is 24.6 Å². The molecule has 24 heavy (non-hydrogen) atoms. The van der Waals surface area contributed by atoms with Gasteiger partial charge in [0.1, 0.15) is 18.1 Å². The van der Waals surface area contributed by atoms with Crippen molar-refractivity contribution < 1.29 is 14.6 Å². The number of hydrogen-bond acceptors (Lipinski definition) is 5. The molecule has 0 bridgehead atoms. The van der Waals surface area contributed by atoms with Crippen molar-refractivity contribution in [3.05, 3.63) is 71.5 Å². The number of benzene rings is 2. The molecule has 0 fully saturated rings. The molecule has 0 atom stereocenters. The number of rotatable bonds is 6. The van der Waals surface area contributed by atoms with Gasteiger partial charge in [-0.2, -0.15) is 0 Å². The Bertz CT molecular complexity index is 844. The molecule has 0 radical (unpaired) electrons. The minimum absolute atomic E-state index is 0.0871. The Labute approximate surface area is 139 Å². The lowest BCUT2D eigenvalue weighted by Crippen LogP contribution is -2.09. The van der Waals surface area contributed by atoms with Gasteiger partial charge in [0.05, 0.1) is 24.0 Å². The first-order valence-electron chi connectivity index (χ1n) is 7.51. The fraction of sp³-hybridized carbons (Fsp3) is 0.167. The monoisotopic (exact) mass is 323 g/mol. The summed E-state index contributed by atoms with van der Waals surface area (Å²) in [5.41, 5.74) is 2.21. The molecule has 1 heterocycles. The normalized spacial score (nSPS) is 10.5. The Morgan fingerprint density at radius 1 is 1.21 bits per heavy atom. The van der Waals surface area contributed by atoms with Crippen LogP contribution in [0.4, 0.5) is 0 Å². The maximum absolute atomic E-state index is 11.3. The molecule has 0 spiro atoms. The zero-order chi connectivity index (χ0) is 16.9. The average molecular weight is 323 g/mol. The molecule has 0 unspecified atom stereocenters. The number of phenolic OH excluding ortho intramolecular Hbond substituents is 1. The Balaban J connectivity index is 1.68. The van der Waals surface area contributed by atoms with Crippen molar-refractivity contribution in [3.8, 4) is 11.5 Å². The minimum atomic E-state index is -0.191. The number of ether oxygens (including phenoxy) is 1. The number of Topliss-reactive ketones (excluding diaryl/α,β-unsaturated/α-hetero) is 1. The van der Waals surface area contributed by atoms with E-state index in [-0.39, 0.29) is 23.7 Å². The second-order valence-corrected chi connectivity index (χ2v) is 5.39. The first kappa shape index (κ1) is 15.7. The van der Waals surface area contributed by atoms with Crippen LogP contribution in [-0.2, 0) is 13.2 Å². The highest BCUT2D eigenvalue weighted by molar-refractivity contribution is 5.96. The molecule has 1 aromatic heterocycles. The van der Waals surface area contributed by atoms with E-state index in [9.17, 15) is 9.90 Å². The van der Waals surface area contributed by atoms with Gasteiger partial charge in [0.25, 0.3) is 0 Å². The standard InChI is InChI=1S/C18H17N3O3/c1-13(22)17-8-7-16(9-18(17)23)24-12-15-10-19-20-21(15)11-14-5-3-2-4-6-14/h2-10,23H,11-12H2,1H3. The van der Waals surface area contributed by atoms with E-state index in [2.05, 4.69) is 10.3 Å². The van der Waals surface area contributed by atoms with Gasteiger partial charge in [0.2, 0.25) is 0 Å².